The molecule has 2 fully saturated rings. The summed E-state index contributed by atoms with van der Waals surface area (Å²) in [5.41, 5.74) is 2.62. The third kappa shape index (κ3) is 3.79. The third-order valence-electron chi connectivity index (χ3n) is 5.70. The number of hydrogen-bond donors (Lipinski definition) is 1. The molecule has 0 spiro atoms. The first-order valence-electron chi connectivity index (χ1n) is 9.86. The molecule has 0 aliphatic heterocycles. The van der Waals surface area contributed by atoms with Crippen LogP contribution in [-0.2, 0) is 0 Å². The molecule has 0 saturated heterocycles. The van der Waals surface area contributed by atoms with Crippen LogP contribution in [0.25, 0.3) is 11.1 Å². The Morgan fingerprint density at radius 3 is 1.82 bits per heavy atom. The summed E-state index contributed by atoms with van der Waals surface area (Å²) < 4.78 is 16.3. The standard InChI is InChI=1S/C23H27NO4/c1-26-19-12-18(13-20(27-2)22(19)28-3)14-4-10-17(11-5-14)23(25)24-21(15-6-7-15)16-8-9-16/h4-5,10-13,15-16,21H,6-9H2,1-3H3,(H,24,25). The smallest absolute Gasteiger partial charge is 0.251 e. The van der Waals surface area contributed by atoms with Crippen LogP contribution in [0.2, 0.25) is 0 Å². The summed E-state index contributed by atoms with van der Waals surface area (Å²) in [7, 11) is 4.79. The van der Waals surface area contributed by atoms with Gasteiger partial charge in [0.1, 0.15) is 0 Å². The number of carbonyl (C=O) groups excluding carboxylic acids is 1. The van der Waals surface area contributed by atoms with E-state index in [9.17, 15) is 4.79 Å². The van der Waals surface area contributed by atoms with Crippen LogP contribution in [0, 0.1) is 11.8 Å². The van der Waals surface area contributed by atoms with E-state index >= 15 is 0 Å². The molecule has 0 bridgehead atoms. The van der Waals surface area contributed by atoms with Gasteiger partial charge < -0.3 is 19.5 Å². The van der Waals surface area contributed by atoms with Crippen molar-refractivity contribution in [3.8, 4) is 28.4 Å². The summed E-state index contributed by atoms with van der Waals surface area (Å²) >= 11 is 0. The van der Waals surface area contributed by atoms with Gasteiger partial charge in [-0.1, -0.05) is 12.1 Å². The van der Waals surface area contributed by atoms with Gasteiger partial charge in [0.25, 0.3) is 5.91 Å². The normalized spacial score (nSPS) is 16.0. The van der Waals surface area contributed by atoms with Crippen LogP contribution in [0.15, 0.2) is 36.4 Å². The Balaban J connectivity index is 1.53. The van der Waals surface area contributed by atoms with Gasteiger partial charge in [0, 0.05) is 11.6 Å². The second-order valence-corrected chi connectivity index (χ2v) is 7.67. The Bertz CT molecular complexity index is 816. The van der Waals surface area contributed by atoms with Gasteiger partial charge in [0.2, 0.25) is 5.75 Å². The van der Waals surface area contributed by atoms with Gasteiger partial charge >= 0.3 is 0 Å². The Kier molecular flexibility index (Phi) is 5.16. The van der Waals surface area contributed by atoms with Crippen LogP contribution in [0.1, 0.15) is 36.0 Å². The molecule has 4 rings (SSSR count). The Labute approximate surface area is 166 Å². The number of rotatable bonds is 8. The number of amides is 1. The number of nitrogens with one attached hydrogen (secondary N) is 1. The van der Waals surface area contributed by atoms with E-state index in [0.29, 0.717) is 40.7 Å². The van der Waals surface area contributed by atoms with Gasteiger partial charge in [0.05, 0.1) is 21.3 Å². The lowest BCUT2D eigenvalue weighted by molar-refractivity contribution is 0.0926. The zero-order valence-corrected chi connectivity index (χ0v) is 16.7. The highest BCUT2D eigenvalue weighted by atomic mass is 16.5. The molecule has 2 aliphatic carbocycles. The maximum absolute atomic E-state index is 12.7. The molecule has 2 aliphatic rings. The van der Waals surface area contributed by atoms with Crippen molar-refractivity contribution in [1.82, 2.24) is 5.32 Å². The molecule has 2 aromatic carbocycles. The molecule has 0 aromatic heterocycles. The number of ether oxygens (including phenoxy) is 3. The summed E-state index contributed by atoms with van der Waals surface area (Å²) in [6.07, 6.45) is 5.01. The second kappa shape index (κ2) is 7.74. The number of methoxy groups -OCH3 is 3. The van der Waals surface area contributed by atoms with E-state index in [-0.39, 0.29) is 5.91 Å². The van der Waals surface area contributed by atoms with Crippen LogP contribution >= 0.6 is 0 Å². The van der Waals surface area contributed by atoms with E-state index in [4.69, 9.17) is 14.2 Å². The van der Waals surface area contributed by atoms with Crippen LogP contribution < -0.4 is 19.5 Å². The third-order valence-corrected chi connectivity index (χ3v) is 5.70. The SMILES string of the molecule is COc1cc(-c2ccc(C(=O)NC(C3CC3)C3CC3)cc2)cc(OC)c1OC. The van der Waals surface area contributed by atoms with Crippen molar-refractivity contribution in [2.75, 3.05) is 21.3 Å². The van der Waals surface area contributed by atoms with E-state index in [1.54, 1.807) is 21.3 Å². The van der Waals surface area contributed by atoms with Crippen molar-refractivity contribution in [3.05, 3.63) is 42.0 Å². The lowest BCUT2D eigenvalue weighted by Gasteiger charge is -2.18. The average molecular weight is 381 g/mol. The number of hydrogen-bond acceptors (Lipinski definition) is 4. The molecule has 5 nitrogen and oxygen atoms in total. The van der Waals surface area contributed by atoms with E-state index < -0.39 is 0 Å². The molecule has 2 saturated carbocycles. The largest absolute Gasteiger partial charge is 0.493 e. The highest BCUT2D eigenvalue weighted by molar-refractivity contribution is 5.95. The minimum atomic E-state index is 0.0280. The molecule has 0 heterocycles. The first-order chi connectivity index (χ1) is 13.6. The fourth-order valence-corrected chi connectivity index (χ4v) is 3.83. The Hall–Kier alpha value is -2.69. The molecule has 1 N–H and O–H groups in total. The molecule has 2 aromatic rings. The van der Waals surface area contributed by atoms with E-state index in [1.807, 2.05) is 36.4 Å². The number of benzene rings is 2. The highest BCUT2D eigenvalue weighted by Gasteiger charge is 2.42. The van der Waals surface area contributed by atoms with Crippen molar-refractivity contribution in [2.24, 2.45) is 11.8 Å². The van der Waals surface area contributed by atoms with Gasteiger partial charge in [0.15, 0.2) is 11.5 Å². The van der Waals surface area contributed by atoms with Crippen molar-refractivity contribution >= 4 is 5.91 Å². The quantitative estimate of drug-likeness (QED) is 0.741. The van der Waals surface area contributed by atoms with Crippen molar-refractivity contribution < 1.29 is 19.0 Å². The van der Waals surface area contributed by atoms with Crippen molar-refractivity contribution in [1.29, 1.82) is 0 Å². The van der Waals surface area contributed by atoms with Crippen molar-refractivity contribution in [2.45, 2.75) is 31.7 Å². The highest BCUT2D eigenvalue weighted by Crippen LogP contribution is 2.44. The zero-order valence-electron chi connectivity index (χ0n) is 16.7. The monoisotopic (exact) mass is 381 g/mol. The molecule has 0 unspecified atom stereocenters. The summed E-state index contributed by atoms with van der Waals surface area (Å²) in [5.74, 6) is 3.19. The molecular formula is C23H27NO4. The zero-order chi connectivity index (χ0) is 19.7. The lowest BCUT2D eigenvalue weighted by Crippen LogP contribution is -2.38. The molecule has 0 radical (unpaired) electrons. The molecule has 0 atom stereocenters. The summed E-state index contributed by atoms with van der Waals surface area (Å²) in [4.78, 5) is 12.7. The molecule has 1 amide bonds. The van der Waals surface area contributed by atoms with Gasteiger partial charge in [-0.05, 0) is 72.9 Å². The fourth-order valence-electron chi connectivity index (χ4n) is 3.83. The first-order valence-corrected chi connectivity index (χ1v) is 9.86. The Morgan fingerprint density at radius 2 is 1.39 bits per heavy atom. The second-order valence-electron chi connectivity index (χ2n) is 7.67. The maximum atomic E-state index is 12.7. The van der Waals surface area contributed by atoms with Crippen LogP contribution in [0.4, 0.5) is 0 Å². The lowest BCUT2D eigenvalue weighted by atomic mass is 10.0. The minimum absolute atomic E-state index is 0.0280. The van der Waals surface area contributed by atoms with Crippen LogP contribution in [-0.4, -0.2) is 33.3 Å². The molecular weight excluding hydrogens is 354 g/mol. The predicted molar refractivity (Wildman–Crippen MR) is 108 cm³/mol. The van der Waals surface area contributed by atoms with Gasteiger partial charge in [-0.2, -0.15) is 0 Å². The van der Waals surface area contributed by atoms with E-state index in [0.717, 1.165) is 11.1 Å². The summed E-state index contributed by atoms with van der Waals surface area (Å²) in [6, 6.07) is 11.9. The molecule has 5 heteroatoms. The average Bonchev–Trinajstić information content (AvgIpc) is 3.64. The van der Waals surface area contributed by atoms with E-state index in [1.165, 1.54) is 25.7 Å². The van der Waals surface area contributed by atoms with Gasteiger partial charge in [-0.25, -0.2) is 0 Å². The van der Waals surface area contributed by atoms with Gasteiger partial charge in [-0.15, -0.1) is 0 Å². The topological polar surface area (TPSA) is 56.8 Å². The summed E-state index contributed by atoms with van der Waals surface area (Å²) in [5, 5.41) is 3.27. The van der Waals surface area contributed by atoms with Crippen LogP contribution in [0.5, 0.6) is 17.2 Å². The molecule has 148 valence electrons. The summed E-state index contributed by atoms with van der Waals surface area (Å²) in [6.45, 7) is 0. The number of carbonyl (C=O) groups is 1. The minimum Gasteiger partial charge on any atom is -0.493 e. The first kappa shape index (κ1) is 18.7. The Morgan fingerprint density at radius 1 is 0.857 bits per heavy atom. The predicted octanol–water partition coefficient (Wildman–Crippen LogP) is 4.30. The van der Waals surface area contributed by atoms with Gasteiger partial charge in [-0.3, -0.25) is 4.79 Å². The fraction of sp³-hybridized carbons (Fsp3) is 0.435. The molecule has 28 heavy (non-hydrogen) atoms. The van der Waals surface area contributed by atoms with E-state index in [2.05, 4.69) is 5.32 Å². The van der Waals surface area contributed by atoms with Crippen molar-refractivity contribution in [3.63, 3.8) is 0 Å². The van der Waals surface area contributed by atoms with Crippen LogP contribution in [0.3, 0.4) is 0 Å². The maximum Gasteiger partial charge on any atom is 0.251 e.